The van der Waals surface area contributed by atoms with Crippen LogP contribution in [0.25, 0.3) is 11.1 Å². The van der Waals surface area contributed by atoms with Gasteiger partial charge in [0.05, 0.1) is 17.8 Å². The molecule has 0 aliphatic heterocycles. The van der Waals surface area contributed by atoms with Gasteiger partial charge < -0.3 is 9.62 Å². The van der Waals surface area contributed by atoms with E-state index in [2.05, 4.69) is 5.16 Å². The maximum Gasteiger partial charge on any atom is 0.420 e. The molecule has 0 fully saturated rings. The van der Waals surface area contributed by atoms with Crippen molar-refractivity contribution in [3.8, 4) is 0 Å². The molecule has 2 aromatic rings. The summed E-state index contributed by atoms with van der Waals surface area (Å²) >= 11 is 5.83. The van der Waals surface area contributed by atoms with E-state index in [4.69, 9.17) is 21.2 Å². The van der Waals surface area contributed by atoms with Crippen LogP contribution in [0, 0.1) is 0 Å². The Kier molecular flexibility index (Phi) is 2.70. The largest absolute Gasteiger partial charge is 0.420 e. The summed E-state index contributed by atoms with van der Waals surface area (Å²) in [5.41, 5.74) is 1.45. The van der Waals surface area contributed by atoms with Crippen molar-refractivity contribution >= 4 is 28.4 Å². The molecule has 0 bridgehead atoms. The minimum absolute atomic E-state index is 0.169. The number of hydrogen-bond donors (Lipinski definition) is 1. The zero-order valence-electron chi connectivity index (χ0n) is 8.48. The third-order valence-electron chi connectivity index (χ3n) is 2.19. The number of halogens is 1. The second-order valence-corrected chi connectivity index (χ2v) is 3.84. The molecule has 0 saturated carbocycles. The summed E-state index contributed by atoms with van der Waals surface area (Å²) < 4.78 is 6.37. The van der Waals surface area contributed by atoms with Crippen LogP contribution in [-0.4, -0.2) is 15.5 Å². The van der Waals surface area contributed by atoms with Crippen molar-refractivity contribution in [2.45, 2.75) is 13.5 Å². The van der Waals surface area contributed by atoms with E-state index >= 15 is 0 Å². The van der Waals surface area contributed by atoms with Crippen LogP contribution >= 0.6 is 11.6 Å². The van der Waals surface area contributed by atoms with Crippen LogP contribution in [0.15, 0.2) is 32.6 Å². The van der Waals surface area contributed by atoms with E-state index in [0.717, 1.165) is 0 Å². The summed E-state index contributed by atoms with van der Waals surface area (Å²) in [6, 6.07) is 4.90. The summed E-state index contributed by atoms with van der Waals surface area (Å²) in [6.45, 7) is 1.78. The van der Waals surface area contributed by atoms with Crippen molar-refractivity contribution in [2.75, 3.05) is 0 Å². The number of hydrogen-bond acceptors (Lipinski definition) is 4. The Morgan fingerprint density at radius 2 is 2.38 bits per heavy atom. The van der Waals surface area contributed by atoms with Crippen LogP contribution in [0.3, 0.4) is 0 Å². The van der Waals surface area contributed by atoms with Crippen molar-refractivity contribution in [1.29, 1.82) is 0 Å². The van der Waals surface area contributed by atoms with Gasteiger partial charge in [-0.15, -0.1) is 0 Å². The van der Waals surface area contributed by atoms with Gasteiger partial charge in [-0.05, 0) is 25.1 Å². The molecule has 0 unspecified atom stereocenters. The Bertz CT molecular complexity index is 612. The molecule has 0 atom stereocenters. The van der Waals surface area contributed by atoms with Gasteiger partial charge in [0.25, 0.3) is 0 Å². The molecule has 0 aliphatic carbocycles. The summed E-state index contributed by atoms with van der Waals surface area (Å²) in [7, 11) is 0. The molecular formula is C10H9ClN2O3. The van der Waals surface area contributed by atoms with Crippen molar-refractivity contribution in [2.24, 2.45) is 5.16 Å². The highest BCUT2D eigenvalue weighted by Gasteiger charge is 2.10. The molecule has 5 nitrogen and oxygen atoms in total. The number of benzene rings is 1. The van der Waals surface area contributed by atoms with Crippen LogP contribution in [0.4, 0.5) is 0 Å². The number of aromatic nitrogens is 1. The van der Waals surface area contributed by atoms with Crippen LogP contribution in [0.1, 0.15) is 6.92 Å². The predicted octanol–water partition coefficient (Wildman–Crippen LogP) is 2.10. The summed E-state index contributed by atoms with van der Waals surface area (Å²) in [5.74, 6) is -0.500. The number of oxime groups is 1. The average molecular weight is 241 g/mol. The van der Waals surface area contributed by atoms with Gasteiger partial charge in [0.1, 0.15) is 0 Å². The lowest BCUT2D eigenvalue weighted by atomic mass is 10.3. The molecule has 1 N–H and O–H groups in total. The number of nitrogens with zero attached hydrogens (tertiary/aromatic N) is 2. The maximum atomic E-state index is 11.5. The first-order chi connectivity index (χ1) is 7.61. The van der Waals surface area contributed by atoms with Gasteiger partial charge in [0.2, 0.25) is 0 Å². The monoisotopic (exact) mass is 240 g/mol. The van der Waals surface area contributed by atoms with Crippen molar-refractivity contribution in [3.63, 3.8) is 0 Å². The van der Waals surface area contributed by atoms with Crippen LogP contribution < -0.4 is 5.76 Å². The zero-order chi connectivity index (χ0) is 11.7. The third-order valence-corrected chi connectivity index (χ3v) is 2.42. The molecular weight excluding hydrogens is 232 g/mol. The topological polar surface area (TPSA) is 67.7 Å². The van der Waals surface area contributed by atoms with Crippen molar-refractivity contribution in [3.05, 3.63) is 33.8 Å². The molecule has 6 heteroatoms. The van der Waals surface area contributed by atoms with E-state index in [1.165, 1.54) is 4.57 Å². The van der Waals surface area contributed by atoms with Crippen LogP contribution in [-0.2, 0) is 6.54 Å². The molecule has 1 heterocycles. The quantitative estimate of drug-likeness (QED) is 0.497. The molecule has 0 saturated heterocycles. The van der Waals surface area contributed by atoms with E-state index in [0.29, 0.717) is 21.8 Å². The van der Waals surface area contributed by atoms with Gasteiger partial charge in [-0.1, -0.05) is 16.8 Å². The Morgan fingerprint density at radius 1 is 1.62 bits per heavy atom. The van der Waals surface area contributed by atoms with E-state index < -0.39 is 5.76 Å². The highest BCUT2D eigenvalue weighted by Crippen LogP contribution is 2.18. The highest BCUT2D eigenvalue weighted by molar-refractivity contribution is 6.31. The minimum Gasteiger partial charge on any atom is -0.411 e. The fraction of sp³-hybridized carbons (Fsp3) is 0.200. The molecule has 84 valence electrons. The Balaban J connectivity index is 2.63. The first-order valence-electron chi connectivity index (χ1n) is 4.58. The van der Waals surface area contributed by atoms with Gasteiger partial charge in [0, 0.05) is 5.02 Å². The lowest BCUT2D eigenvalue weighted by molar-refractivity contribution is 0.316. The third kappa shape index (κ3) is 1.81. The highest BCUT2D eigenvalue weighted by atomic mass is 35.5. The molecule has 0 spiro atoms. The first kappa shape index (κ1) is 10.8. The van der Waals surface area contributed by atoms with Crippen LogP contribution in [0.2, 0.25) is 5.02 Å². The minimum atomic E-state index is -0.500. The maximum absolute atomic E-state index is 11.5. The van der Waals surface area contributed by atoms with Gasteiger partial charge in [-0.2, -0.15) is 0 Å². The smallest absolute Gasteiger partial charge is 0.411 e. The van der Waals surface area contributed by atoms with E-state index in [-0.39, 0.29) is 6.54 Å². The average Bonchev–Trinajstić information content (AvgIpc) is 2.55. The normalized spacial score (nSPS) is 12.2. The zero-order valence-corrected chi connectivity index (χ0v) is 9.23. The Hall–Kier alpha value is -1.75. The van der Waals surface area contributed by atoms with E-state index in [1.54, 1.807) is 25.1 Å². The van der Waals surface area contributed by atoms with Gasteiger partial charge in [-0.25, -0.2) is 4.79 Å². The molecule has 0 aliphatic rings. The predicted molar refractivity (Wildman–Crippen MR) is 60.4 cm³/mol. The molecule has 1 aromatic carbocycles. The van der Waals surface area contributed by atoms with Gasteiger partial charge in [-0.3, -0.25) is 4.57 Å². The molecule has 0 radical (unpaired) electrons. The summed E-state index contributed by atoms with van der Waals surface area (Å²) in [6.07, 6.45) is 0. The lowest BCUT2D eigenvalue weighted by Crippen LogP contribution is -2.18. The van der Waals surface area contributed by atoms with Gasteiger partial charge >= 0.3 is 5.76 Å². The van der Waals surface area contributed by atoms with Crippen LogP contribution in [0.5, 0.6) is 0 Å². The Morgan fingerprint density at radius 3 is 3.06 bits per heavy atom. The molecule has 0 amide bonds. The first-order valence-corrected chi connectivity index (χ1v) is 4.96. The molecule has 1 aromatic heterocycles. The fourth-order valence-corrected chi connectivity index (χ4v) is 1.61. The molecule has 2 rings (SSSR count). The number of rotatable bonds is 2. The SMILES string of the molecule is CC(Cn1c(=O)oc2ccc(Cl)cc21)=NO. The standard InChI is InChI=1S/C10H9ClN2O3/c1-6(12-15)5-13-8-4-7(11)2-3-9(8)16-10(13)14/h2-4,15H,5H2,1H3. The fourth-order valence-electron chi connectivity index (χ4n) is 1.45. The van der Waals surface area contributed by atoms with E-state index in [1.807, 2.05) is 0 Å². The number of fused-ring (bicyclic) bond motifs is 1. The second-order valence-electron chi connectivity index (χ2n) is 3.40. The Labute approximate surface area is 95.5 Å². The second kappa shape index (κ2) is 4.02. The lowest BCUT2D eigenvalue weighted by Gasteiger charge is -1.99. The van der Waals surface area contributed by atoms with E-state index in [9.17, 15) is 4.79 Å². The number of oxazole rings is 1. The summed E-state index contributed by atoms with van der Waals surface area (Å²) in [4.78, 5) is 11.5. The molecule has 16 heavy (non-hydrogen) atoms. The van der Waals surface area contributed by atoms with Gasteiger partial charge in [0.15, 0.2) is 5.58 Å². The van der Waals surface area contributed by atoms with Crippen molar-refractivity contribution in [1.82, 2.24) is 4.57 Å². The van der Waals surface area contributed by atoms with Crippen molar-refractivity contribution < 1.29 is 9.62 Å². The summed E-state index contributed by atoms with van der Waals surface area (Å²) in [5, 5.41) is 12.1.